The Morgan fingerprint density at radius 2 is 1.88 bits per heavy atom. The van der Waals surface area contributed by atoms with Crippen molar-refractivity contribution in [3.63, 3.8) is 0 Å². The van der Waals surface area contributed by atoms with Crippen LogP contribution in [0.1, 0.15) is 15.9 Å². The van der Waals surface area contributed by atoms with Gasteiger partial charge in [-0.3, -0.25) is 4.79 Å². The summed E-state index contributed by atoms with van der Waals surface area (Å²) in [4.78, 5) is 12.6. The van der Waals surface area contributed by atoms with Gasteiger partial charge in [-0.25, -0.2) is 0 Å². The van der Waals surface area contributed by atoms with E-state index in [-0.39, 0.29) is 5.91 Å². The highest BCUT2D eigenvalue weighted by Crippen LogP contribution is 2.27. The first-order valence-electron chi connectivity index (χ1n) is 7.67. The number of amides is 1. The number of nitrogens with zero attached hydrogens (tertiary/aromatic N) is 1. The molecule has 0 saturated heterocycles. The molecule has 124 valence electrons. The molecular weight excluding hydrogens is 304 g/mol. The topological polar surface area (TPSA) is 52.5 Å². The van der Waals surface area contributed by atoms with E-state index in [1.54, 1.807) is 14.2 Å². The van der Waals surface area contributed by atoms with Crippen molar-refractivity contribution < 1.29 is 14.3 Å². The minimum absolute atomic E-state index is 0.0998. The Labute approximate surface area is 140 Å². The fourth-order valence-electron chi connectivity index (χ4n) is 2.81. The second-order valence-corrected chi connectivity index (χ2v) is 5.54. The van der Waals surface area contributed by atoms with E-state index in [4.69, 9.17) is 9.47 Å². The minimum atomic E-state index is -0.0998. The average molecular weight is 324 g/mol. The molecule has 1 N–H and O–H groups in total. The van der Waals surface area contributed by atoms with Gasteiger partial charge >= 0.3 is 0 Å². The van der Waals surface area contributed by atoms with Crippen molar-refractivity contribution >= 4 is 16.8 Å². The summed E-state index contributed by atoms with van der Waals surface area (Å²) in [5, 5.41) is 4.02. The van der Waals surface area contributed by atoms with E-state index in [0.717, 1.165) is 16.5 Å². The number of para-hydroxylation sites is 1. The molecule has 0 saturated carbocycles. The van der Waals surface area contributed by atoms with Crippen LogP contribution in [-0.2, 0) is 13.6 Å². The molecule has 1 amide bonds. The lowest BCUT2D eigenvalue weighted by atomic mass is 10.1. The van der Waals surface area contributed by atoms with E-state index in [9.17, 15) is 4.79 Å². The molecule has 0 aliphatic heterocycles. The highest BCUT2D eigenvalue weighted by Gasteiger charge is 2.12. The van der Waals surface area contributed by atoms with Crippen molar-refractivity contribution in [1.82, 2.24) is 9.88 Å². The number of carbonyl (C=O) groups excluding carboxylic acids is 1. The van der Waals surface area contributed by atoms with E-state index in [0.29, 0.717) is 23.6 Å². The molecule has 0 bridgehead atoms. The van der Waals surface area contributed by atoms with Crippen molar-refractivity contribution in [1.29, 1.82) is 0 Å². The zero-order chi connectivity index (χ0) is 17.1. The van der Waals surface area contributed by atoms with E-state index < -0.39 is 0 Å². The van der Waals surface area contributed by atoms with Crippen LogP contribution in [0.25, 0.3) is 10.9 Å². The summed E-state index contributed by atoms with van der Waals surface area (Å²) in [5.74, 6) is 1.21. The lowest BCUT2D eigenvalue weighted by Crippen LogP contribution is -2.23. The number of aromatic nitrogens is 1. The molecule has 24 heavy (non-hydrogen) atoms. The number of hydrogen-bond acceptors (Lipinski definition) is 3. The van der Waals surface area contributed by atoms with Gasteiger partial charge in [-0.2, -0.15) is 0 Å². The van der Waals surface area contributed by atoms with Crippen LogP contribution in [0, 0.1) is 0 Å². The number of methoxy groups -OCH3 is 2. The van der Waals surface area contributed by atoms with Gasteiger partial charge in [0.05, 0.1) is 25.3 Å². The summed E-state index contributed by atoms with van der Waals surface area (Å²) >= 11 is 0. The molecule has 0 radical (unpaired) electrons. The number of carbonyl (C=O) groups is 1. The number of hydrogen-bond donors (Lipinski definition) is 1. The fraction of sp³-hybridized carbons (Fsp3) is 0.211. The summed E-state index contributed by atoms with van der Waals surface area (Å²) in [6.07, 6.45) is 1.95. The first-order valence-corrected chi connectivity index (χ1v) is 7.67. The highest BCUT2D eigenvalue weighted by molar-refractivity contribution is 6.05. The lowest BCUT2D eigenvalue weighted by molar-refractivity contribution is 0.0952. The van der Waals surface area contributed by atoms with Crippen LogP contribution in [0.15, 0.2) is 48.7 Å². The number of aryl methyl sites for hydroxylation is 1. The normalized spacial score (nSPS) is 10.6. The summed E-state index contributed by atoms with van der Waals surface area (Å²) in [6.45, 7) is 0.417. The average Bonchev–Trinajstić information content (AvgIpc) is 3.00. The predicted molar refractivity (Wildman–Crippen MR) is 93.6 cm³/mol. The Kier molecular flexibility index (Phi) is 4.42. The summed E-state index contributed by atoms with van der Waals surface area (Å²) < 4.78 is 12.5. The molecule has 0 aliphatic rings. The summed E-state index contributed by atoms with van der Waals surface area (Å²) in [7, 11) is 5.13. The van der Waals surface area contributed by atoms with Gasteiger partial charge in [0.25, 0.3) is 5.91 Å². The van der Waals surface area contributed by atoms with Gasteiger partial charge in [-0.15, -0.1) is 0 Å². The Morgan fingerprint density at radius 1 is 1.08 bits per heavy atom. The van der Waals surface area contributed by atoms with Gasteiger partial charge in [0.2, 0.25) is 0 Å². The van der Waals surface area contributed by atoms with Crippen LogP contribution in [0.2, 0.25) is 0 Å². The van der Waals surface area contributed by atoms with Gasteiger partial charge < -0.3 is 19.4 Å². The van der Waals surface area contributed by atoms with Crippen molar-refractivity contribution in [2.24, 2.45) is 7.05 Å². The Bertz CT molecular complexity index is 883. The third kappa shape index (κ3) is 2.93. The molecule has 0 aliphatic carbocycles. The molecule has 2 aromatic carbocycles. The molecule has 5 heteroatoms. The summed E-state index contributed by atoms with van der Waals surface area (Å²) in [5.41, 5.74) is 2.54. The van der Waals surface area contributed by atoms with Crippen LogP contribution < -0.4 is 14.8 Å². The van der Waals surface area contributed by atoms with E-state index in [1.807, 2.05) is 60.3 Å². The Hall–Kier alpha value is -2.95. The third-order valence-electron chi connectivity index (χ3n) is 4.04. The molecule has 0 unspecified atom stereocenters. The van der Waals surface area contributed by atoms with Crippen LogP contribution in [0.4, 0.5) is 0 Å². The molecule has 1 heterocycles. The van der Waals surface area contributed by atoms with Crippen molar-refractivity contribution in [3.05, 3.63) is 59.8 Å². The molecule has 1 aromatic heterocycles. The number of benzene rings is 2. The number of ether oxygens (including phenoxy) is 2. The standard InChI is InChI=1S/C19H20N2O3/c1-21-10-9-14-5-4-6-15(18(14)21)19(22)20-12-13-7-8-16(23-2)17(11-13)24-3/h4-11H,12H2,1-3H3,(H,20,22). The van der Waals surface area contributed by atoms with Gasteiger partial charge in [-0.1, -0.05) is 18.2 Å². The van der Waals surface area contributed by atoms with Crippen molar-refractivity contribution in [2.45, 2.75) is 6.54 Å². The number of fused-ring (bicyclic) bond motifs is 1. The van der Waals surface area contributed by atoms with Gasteiger partial charge in [0, 0.05) is 25.2 Å². The quantitative estimate of drug-likeness (QED) is 0.784. The molecule has 5 nitrogen and oxygen atoms in total. The van der Waals surface area contributed by atoms with Crippen molar-refractivity contribution in [2.75, 3.05) is 14.2 Å². The highest BCUT2D eigenvalue weighted by atomic mass is 16.5. The first kappa shape index (κ1) is 15.9. The van der Waals surface area contributed by atoms with Gasteiger partial charge in [-0.05, 0) is 29.8 Å². The maximum Gasteiger partial charge on any atom is 0.253 e. The zero-order valence-electron chi connectivity index (χ0n) is 14.0. The molecule has 0 fully saturated rings. The minimum Gasteiger partial charge on any atom is -0.493 e. The molecule has 3 aromatic rings. The largest absolute Gasteiger partial charge is 0.493 e. The predicted octanol–water partition coefficient (Wildman–Crippen LogP) is 3.13. The maximum absolute atomic E-state index is 12.6. The number of rotatable bonds is 5. The monoisotopic (exact) mass is 324 g/mol. The summed E-state index contributed by atoms with van der Waals surface area (Å²) in [6, 6.07) is 13.3. The zero-order valence-corrected chi connectivity index (χ0v) is 14.0. The van der Waals surface area contributed by atoms with E-state index >= 15 is 0 Å². The second-order valence-electron chi connectivity index (χ2n) is 5.54. The van der Waals surface area contributed by atoms with E-state index in [1.165, 1.54) is 0 Å². The Balaban J connectivity index is 1.79. The van der Waals surface area contributed by atoms with E-state index in [2.05, 4.69) is 5.32 Å². The second kappa shape index (κ2) is 6.66. The molecule has 0 spiro atoms. The SMILES string of the molecule is COc1ccc(CNC(=O)c2cccc3ccn(C)c23)cc1OC. The smallest absolute Gasteiger partial charge is 0.253 e. The van der Waals surface area contributed by atoms with Gasteiger partial charge in [0.15, 0.2) is 11.5 Å². The van der Waals surface area contributed by atoms with Crippen LogP contribution in [0.3, 0.4) is 0 Å². The van der Waals surface area contributed by atoms with Crippen LogP contribution >= 0.6 is 0 Å². The van der Waals surface area contributed by atoms with Crippen molar-refractivity contribution in [3.8, 4) is 11.5 Å². The lowest BCUT2D eigenvalue weighted by Gasteiger charge is -2.11. The molecule has 3 rings (SSSR count). The number of nitrogens with one attached hydrogen (secondary N) is 1. The molecule has 0 atom stereocenters. The molecular formula is C19H20N2O3. The third-order valence-corrected chi connectivity index (χ3v) is 4.04. The first-order chi connectivity index (χ1) is 11.6. The Morgan fingerprint density at radius 3 is 2.62 bits per heavy atom. The fourth-order valence-corrected chi connectivity index (χ4v) is 2.81. The maximum atomic E-state index is 12.6. The van der Waals surface area contributed by atoms with Gasteiger partial charge in [0.1, 0.15) is 0 Å². The van der Waals surface area contributed by atoms with Crippen LogP contribution in [0.5, 0.6) is 11.5 Å². The van der Waals surface area contributed by atoms with Crippen LogP contribution in [-0.4, -0.2) is 24.7 Å².